The van der Waals surface area contributed by atoms with Gasteiger partial charge in [-0.1, -0.05) is 11.8 Å². The Hall–Kier alpha value is -1.64. The Balaban J connectivity index is 2.45. The summed E-state index contributed by atoms with van der Waals surface area (Å²) in [6.07, 6.45) is 0.256. The van der Waals surface area contributed by atoms with Crippen molar-refractivity contribution in [1.82, 2.24) is 20.2 Å². The van der Waals surface area contributed by atoms with Crippen molar-refractivity contribution in [2.75, 3.05) is 20.0 Å². The largest absolute Gasteiger partial charge is 0.469 e. The van der Waals surface area contributed by atoms with Crippen LogP contribution in [-0.2, 0) is 25.6 Å². The topological polar surface area (TPSA) is 96.2 Å². The van der Waals surface area contributed by atoms with Gasteiger partial charge in [0.1, 0.15) is 6.54 Å². The average molecular weight is 260 g/mol. The molecule has 9 heteroatoms. The summed E-state index contributed by atoms with van der Waals surface area (Å²) in [6, 6.07) is 0. The number of ether oxygens (including phenoxy) is 2. The second-order valence-corrected chi connectivity index (χ2v) is 3.93. The predicted molar refractivity (Wildman–Crippen MR) is 57.2 cm³/mol. The molecule has 0 N–H and O–H groups in total. The lowest BCUT2D eigenvalue weighted by atomic mass is 10.5. The van der Waals surface area contributed by atoms with Crippen LogP contribution in [0.3, 0.4) is 0 Å². The molecule has 0 aliphatic heterocycles. The summed E-state index contributed by atoms with van der Waals surface area (Å²) in [5.74, 6) is -0.259. The van der Waals surface area contributed by atoms with Crippen molar-refractivity contribution in [2.24, 2.45) is 0 Å². The number of nitrogens with zero attached hydrogens (tertiary/aromatic N) is 4. The first-order chi connectivity index (χ1) is 8.17. The lowest BCUT2D eigenvalue weighted by molar-refractivity contribution is -0.142. The van der Waals surface area contributed by atoms with Gasteiger partial charge in [-0.05, 0) is 10.4 Å². The number of carbonyl (C=O) groups excluding carboxylic acids is 2. The molecule has 1 heterocycles. The van der Waals surface area contributed by atoms with Gasteiger partial charge in [0.15, 0.2) is 0 Å². The van der Waals surface area contributed by atoms with Crippen molar-refractivity contribution in [2.45, 2.75) is 18.1 Å². The van der Waals surface area contributed by atoms with Crippen LogP contribution in [0.2, 0.25) is 0 Å². The van der Waals surface area contributed by atoms with E-state index in [-0.39, 0.29) is 18.9 Å². The normalized spacial score (nSPS) is 10.0. The van der Waals surface area contributed by atoms with Crippen LogP contribution >= 0.6 is 11.8 Å². The van der Waals surface area contributed by atoms with Crippen LogP contribution in [0, 0.1) is 0 Å². The van der Waals surface area contributed by atoms with Crippen LogP contribution in [0.1, 0.15) is 6.42 Å². The van der Waals surface area contributed by atoms with Gasteiger partial charge in [-0.15, -0.1) is 5.10 Å². The van der Waals surface area contributed by atoms with Crippen LogP contribution in [0.15, 0.2) is 5.16 Å². The van der Waals surface area contributed by atoms with E-state index in [2.05, 4.69) is 25.0 Å². The molecule has 1 aromatic rings. The minimum absolute atomic E-state index is 0.0515. The van der Waals surface area contributed by atoms with E-state index in [4.69, 9.17) is 0 Å². The van der Waals surface area contributed by atoms with Crippen LogP contribution in [0.25, 0.3) is 0 Å². The SMILES string of the molecule is COC(=O)CCSc1nnnn1CC(=O)OC. The van der Waals surface area contributed by atoms with Gasteiger partial charge in [-0.2, -0.15) is 0 Å². The first-order valence-corrected chi connectivity index (χ1v) is 5.68. The number of hydrogen-bond acceptors (Lipinski definition) is 8. The quantitative estimate of drug-likeness (QED) is 0.499. The Morgan fingerprint density at radius 2 is 2.00 bits per heavy atom. The molecule has 94 valence electrons. The van der Waals surface area contributed by atoms with E-state index in [1.54, 1.807) is 0 Å². The van der Waals surface area contributed by atoms with Crippen molar-refractivity contribution in [1.29, 1.82) is 0 Å². The summed E-state index contributed by atoms with van der Waals surface area (Å²) < 4.78 is 10.3. The van der Waals surface area contributed by atoms with Crippen LogP contribution in [0.5, 0.6) is 0 Å². The molecule has 1 aromatic heterocycles. The smallest absolute Gasteiger partial charge is 0.327 e. The van der Waals surface area contributed by atoms with E-state index < -0.39 is 5.97 Å². The molecule has 0 aliphatic carbocycles. The van der Waals surface area contributed by atoms with Gasteiger partial charge < -0.3 is 9.47 Å². The van der Waals surface area contributed by atoms with E-state index >= 15 is 0 Å². The number of thioether (sulfide) groups is 1. The van der Waals surface area contributed by atoms with Crippen molar-refractivity contribution < 1.29 is 19.1 Å². The van der Waals surface area contributed by atoms with E-state index in [1.807, 2.05) is 0 Å². The molecule has 0 saturated heterocycles. The first-order valence-electron chi connectivity index (χ1n) is 4.70. The summed E-state index contributed by atoms with van der Waals surface area (Å²) >= 11 is 1.27. The zero-order chi connectivity index (χ0) is 12.7. The highest BCUT2D eigenvalue weighted by Gasteiger charge is 2.11. The van der Waals surface area contributed by atoms with Gasteiger partial charge in [0.2, 0.25) is 5.16 Å². The zero-order valence-electron chi connectivity index (χ0n) is 9.45. The highest BCUT2D eigenvalue weighted by atomic mass is 32.2. The van der Waals surface area contributed by atoms with E-state index in [1.165, 1.54) is 30.7 Å². The van der Waals surface area contributed by atoms with Crippen molar-refractivity contribution in [3.8, 4) is 0 Å². The third kappa shape index (κ3) is 4.39. The molecule has 0 aliphatic rings. The average Bonchev–Trinajstić information content (AvgIpc) is 2.76. The molecule has 0 amide bonds. The molecule has 8 nitrogen and oxygen atoms in total. The fourth-order valence-electron chi connectivity index (χ4n) is 0.914. The summed E-state index contributed by atoms with van der Waals surface area (Å²) in [6.45, 7) is -0.0515. The number of hydrogen-bond donors (Lipinski definition) is 0. The molecule has 1 rings (SSSR count). The second-order valence-electron chi connectivity index (χ2n) is 2.87. The van der Waals surface area contributed by atoms with E-state index in [0.29, 0.717) is 10.9 Å². The summed E-state index contributed by atoms with van der Waals surface area (Å²) in [7, 11) is 2.62. The van der Waals surface area contributed by atoms with Crippen molar-refractivity contribution in [3.05, 3.63) is 0 Å². The highest BCUT2D eigenvalue weighted by Crippen LogP contribution is 2.14. The zero-order valence-corrected chi connectivity index (χ0v) is 10.3. The standard InChI is InChI=1S/C8H12N4O4S/c1-15-6(13)3-4-17-8-9-10-11-12(8)5-7(14)16-2/h3-5H2,1-2H3. The number of aromatic nitrogens is 4. The number of tetrazole rings is 1. The van der Waals surface area contributed by atoms with Gasteiger partial charge in [-0.25, -0.2) is 4.68 Å². The molecule has 0 bridgehead atoms. The van der Waals surface area contributed by atoms with Gasteiger partial charge >= 0.3 is 11.9 Å². The highest BCUT2D eigenvalue weighted by molar-refractivity contribution is 7.99. The lowest BCUT2D eigenvalue weighted by Gasteiger charge is -2.02. The Kier molecular flexibility index (Phi) is 5.40. The number of esters is 2. The minimum Gasteiger partial charge on any atom is -0.469 e. The number of carbonyl (C=O) groups is 2. The monoisotopic (exact) mass is 260 g/mol. The van der Waals surface area contributed by atoms with E-state index in [0.717, 1.165) is 0 Å². The summed E-state index contributed by atoms with van der Waals surface area (Å²) in [5.41, 5.74) is 0. The number of methoxy groups -OCH3 is 2. The Morgan fingerprint density at radius 1 is 1.29 bits per heavy atom. The molecular formula is C8H12N4O4S. The predicted octanol–water partition coefficient (Wildman–Crippen LogP) is -0.499. The van der Waals surface area contributed by atoms with E-state index in [9.17, 15) is 9.59 Å². The Labute approximate surface area is 102 Å². The molecule has 0 spiro atoms. The first kappa shape index (κ1) is 13.4. The molecule has 0 atom stereocenters. The van der Waals surface area contributed by atoms with Crippen LogP contribution < -0.4 is 0 Å². The maximum Gasteiger partial charge on any atom is 0.327 e. The third-order valence-corrected chi connectivity index (χ3v) is 2.73. The number of rotatable bonds is 6. The molecule has 0 aromatic carbocycles. The Morgan fingerprint density at radius 3 is 2.65 bits per heavy atom. The molecule has 0 saturated carbocycles. The molecule has 0 fully saturated rings. The second kappa shape index (κ2) is 6.84. The lowest BCUT2D eigenvalue weighted by Crippen LogP contribution is -2.14. The van der Waals surface area contributed by atoms with Crippen LogP contribution in [-0.4, -0.2) is 52.1 Å². The van der Waals surface area contributed by atoms with Gasteiger partial charge in [0.25, 0.3) is 0 Å². The minimum atomic E-state index is -0.438. The Bertz CT molecular complexity index is 395. The summed E-state index contributed by atoms with van der Waals surface area (Å²) in [5, 5.41) is 11.3. The van der Waals surface area contributed by atoms with Gasteiger partial charge in [0.05, 0.1) is 20.6 Å². The van der Waals surface area contributed by atoms with Crippen LogP contribution in [0.4, 0.5) is 0 Å². The maximum absolute atomic E-state index is 11.0. The fraction of sp³-hybridized carbons (Fsp3) is 0.625. The molecule has 0 radical (unpaired) electrons. The third-order valence-electron chi connectivity index (χ3n) is 1.77. The van der Waals surface area contributed by atoms with Crippen molar-refractivity contribution in [3.63, 3.8) is 0 Å². The van der Waals surface area contributed by atoms with Gasteiger partial charge in [-0.3, -0.25) is 9.59 Å². The van der Waals surface area contributed by atoms with Gasteiger partial charge in [0, 0.05) is 5.75 Å². The molecule has 17 heavy (non-hydrogen) atoms. The van der Waals surface area contributed by atoms with Crippen molar-refractivity contribution >= 4 is 23.7 Å². The fourth-order valence-corrected chi connectivity index (χ4v) is 1.71. The maximum atomic E-state index is 11.0. The molecular weight excluding hydrogens is 248 g/mol. The summed E-state index contributed by atoms with van der Waals surface area (Å²) in [4.78, 5) is 21.9. The molecule has 0 unspecified atom stereocenters.